The van der Waals surface area contributed by atoms with Crippen LogP contribution in [0.4, 0.5) is 4.79 Å². The molecule has 22 heavy (non-hydrogen) atoms. The fourth-order valence-corrected chi connectivity index (χ4v) is 2.68. The number of piperidine rings is 1. The van der Waals surface area contributed by atoms with E-state index >= 15 is 0 Å². The summed E-state index contributed by atoms with van der Waals surface area (Å²) in [4.78, 5) is 25.8. The number of benzene rings is 1. The highest BCUT2D eigenvalue weighted by Gasteiger charge is 2.28. The Bertz CT molecular complexity index is 496. The zero-order valence-corrected chi connectivity index (χ0v) is 13.2. The number of nitrogens with one attached hydrogen (secondary N) is 1. The van der Waals surface area contributed by atoms with E-state index in [1.807, 2.05) is 44.2 Å². The van der Waals surface area contributed by atoms with Crippen molar-refractivity contribution in [2.24, 2.45) is 5.92 Å². The maximum atomic E-state index is 12.3. The summed E-state index contributed by atoms with van der Waals surface area (Å²) < 4.78 is 5.04. The van der Waals surface area contributed by atoms with Crippen molar-refractivity contribution in [3.8, 4) is 0 Å². The van der Waals surface area contributed by atoms with Gasteiger partial charge in [0.25, 0.3) is 0 Å². The first kappa shape index (κ1) is 16.3. The Morgan fingerprint density at radius 2 is 1.91 bits per heavy atom. The van der Waals surface area contributed by atoms with Crippen LogP contribution < -0.4 is 5.32 Å². The van der Waals surface area contributed by atoms with Gasteiger partial charge in [0, 0.05) is 13.1 Å². The van der Waals surface area contributed by atoms with E-state index < -0.39 is 0 Å². The normalized spacial score (nSPS) is 16.9. The lowest BCUT2D eigenvalue weighted by atomic mass is 9.97. The number of hydrogen-bond donors (Lipinski definition) is 1. The Hall–Kier alpha value is -2.04. The third kappa shape index (κ3) is 4.23. The molecule has 1 aromatic rings. The lowest BCUT2D eigenvalue weighted by molar-refractivity contribution is -0.149. The maximum Gasteiger partial charge on any atom is 0.317 e. The minimum absolute atomic E-state index is 0.0310. The third-order valence-electron chi connectivity index (χ3n) is 4.04. The topological polar surface area (TPSA) is 58.6 Å². The second-order valence-electron chi connectivity index (χ2n) is 5.60. The molecule has 5 heteroatoms. The molecular formula is C17H24N2O3. The Morgan fingerprint density at radius 1 is 1.27 bits per heavy atom. The number of amides is 2. The van der Waals surface area contributed by atoms with E-state index in [0.717, 1.165) is 5.56 Å². The lowest BCUT2D eigenvalue weighted by Gasteiger charge is -2.31. The predicted molar refractivity (Wildman–Crippen MR) is 84.3 cm³/mol. The largest absolute Gasteiger partial charge is 0.466 e. The number of nitrogens with zero attached hydrogens (tertiary/aromatic N) is 1. The van der Waals surface area contributed by atoms with E-state index in [4.69, 9.17) is 4.74 Å². The number of rotatable bonds is 4. The molecular weight excluding hydrogens is 280 g/mol. The van der Waals surface area contributed by atoms with E-state index in [2.05, 4.69) is 5.32 Å². The minimum atomic E-state index is -0.139. The van der Waals surface area contributed by atoms with Gasteiger partial charge in [0.15, 0.2) is 0 Å². The summed E-state index contributed by atoms with van der Waals surface area (Å²) in [6.07, 6.45) is 1.35. The summed E-state index contributed by atoms with van der Waals surface area (Å²) in [6, 6.07) is 9.77. The molecule has 1 aliphatic rings. The van der Waals surface area contributed by atoms with Crippen LogP contribution in [0.2, 0.25) is 0 Å². The highest BCUT2D eigenvalue weighted by Crippen LogP contribution is 2.19. The van der Waals surface area contributed by atoms with Crippen LogP contribution in [-0.2, 0) is 9.53 Å². The molecule has 1 saturated heterocycles. The monoisotopic (exact) mass is 304 g/mol. The van der Waals surface area contributed by atoms with Crippen molar-refractivity contribution >= 4 is 12.0 Å². The van der Waals surface area contributed by atoms with Crippen molar-refractivity contribution < 1.29 is 14.3 Å². The molecule has 1 atom stereocenters. The number of carbonyl (C=O) groups excluding carboxylic acids is 2. The highest BCUT2D eigenvalue weighted by atomic mass is 16.5. The van der Waals surface area contributed by atoms with E-state index in [0.29, 0.717) is 32.5 Å². The van der Waals surface area contributed by atoms with Crippen molar-refractivity contribution in [3.63, 3.8) is 0 Å². The number of likely N-dealkylation sites (tertiary alicyclic amines) is 1. The van der Waals surface area contributed by atoms with Gasteiger partial charge in [0.05, 0.1) is 18.6 Å². The van der Waals surface area contributed by atoms with Gasteiger partial charge in [-0.05, 0) is 32.3 Å². The Balaban J connectivity index is 1.81. The van der Waals surface area contributed by atoms with Crippen LogP contribution in [0.1, 0.15) is 38.3 Å². The van der Waals surface area contributed by atoms with Crippen molar-refractivity contribution in [3.05, 3.63) is 35.9 Å². The summed E-state index contributed by atoms with van der Waals surface area (Å²) >= 11 is 0. The molecule has 1 unspecified atom stereocenters. The number of esters is 1. The van der Waals surface area contributed by atoms with Gasteiger partial charge in [0.1, 0.15) is 0 Å². The average Bonchev–Trinajstić information content (AvgIpc) is 2.56. The Kier molecular flexibility index (Phi) is 5.81. The van der Waals surface area contributed by atoms with Gasteiger partial charge < -0.3 is 15.0 Å². The predicted octanol–water partition coefficient (Wildman–Crippen LogP) is 2.73. The number of hydrogen-bond acceptors (Lipinski definition) is 3. The van der Waals surface area contributed by atoms with Crippen molar-refractivity contribution in [1.82, 2.24) is 10.2 Å². The minimum Gasteiger partial charge on any atom is -0.466 e. The molecule has 2 rings (SSSR count). The van der Waals surface area contributed by atoms with Gasteiger partial charge in [-0.1, -0.05) is 30.3 Å². The number of ether oxygens (including phenoxy) is 1. The van der Waals surface area contributed by atoms with Crippen LogP contribution in [0.15, 0.2) is 30.3 Å². The van der Waals surface area contributed by atoms with E-state index in [1.54, 1.807) is 4.90 Å². The zero-order valence-electron chi connectivity index (χ0n) is 13.2. The van der Waals surface area contributed by atoms with Crippen LogP contribution >= 0.6 is 0 Å². The highest BCUT2D eigenvalue weighted by molar-refractivity contribution is 5.76. The maximum absolute atomic E-state index is 12.3. The molecule has 1 aliphatic heterocycles. The number of carbonyl (C=O) groups is 2. The first-order valence-electron chi connectivity index (χ1n) is 7.88. The quantitative estimate of drug-likeness (QED) is 0.870. The summed E-state index contributed by atoms with van der Waals surface area (Å²) in [5.74, 6) is -0.212. The molecule has 0 saturated carbocycles. The smallest absolute Gasteiger partial charge is 0.317 e. The first-order valence-corrected chi connectivity index (χ1v) is 7.88. The first-order chi connectivity index (χ1) is 10.6. The molecule has 0 radical (unpaired) electrons. The van der Waals surface area contributed by atoms with Crippen LogP contribution in [0.3, 0.4) is 0 Å². The van der Waals surface area contributed by atoms with Crippen LogP contribution in [0.5, 0.6) is 0 Å². The SMILES string of the molecule is CCOC(=O)C1CCN(C(=O)NC(C)c2ccccc2)CC1. The van der Waals surface area contributed by atoms with Crippen molar-refractivity contribution in [2.75, 3.05) is 19.7 Å². The molecule has 0 aliphatic carbocycles. The van der Waals surface area contributed by atoms with Crippen LogP contribution in [0, 0.1) is 5.92 Å². The molecule has 0 bridgehead atoms. The third-order valence-corrected chi connectivity index (χ3v) is 4.04. The van der Waals surface area contributed by atoms with Gasteiger partial charge in [-0.2, -0.15) is 0 Å². The zero-order chi connectivity index (χ0) is 15.9. The van der Waals surface area contributed by atoms with Crippen molar-refractivity contribution in [1.29, 1.82) is 0 Å². The molecule has 0 spiro atoms. The second kappa shape index (κ2) is 7.82. The summed E-state index contributed by atoms with van der Waals surface area (Å²) in [5, 5.41) is 3.01. The molecule has 5 nitrogen and oxygen atoms in total. The lowest BCUT2D eigenvalue weighted by Crippen LogP contribution is -2.46. The second-order valence-corrected chi connectivity index (χ2v) is 5.60. The van der Waals surface area contributed by atoms with Gasteiger partial charge in [0.2, 0.25) is 0 Å². The van der Waals surface area contributed by atoms with Gasteiger partial charge >= 0.3 is 12.0 Å². The molecule has 1 fully saturated rings. The van der Waals surface area contributed by atoms with Gasteiger partial charge in [-0.25, -0.2) is 4.79 Å². The molecule has 1 aromatic carbocycles. The van der Waals surface area contributed by atoms with E-state index in [-0.39, 0.29) is 24.0 Å². The standard InChI is InChI=1S/C17H24N2O3/c1-3-22-16(20)15-9-11-19(12-10-15)17(21)18-13(2)14-7-5-4-6-8-14/h4-8,13,15H,3,9-12H2,1-2H3,(H,18,21). The summed E-state index contributed by atoms with van der Waals surface area (Å²) in [6.45, 7) is 5.38. The van der Waals surface area contributed by atoms with Gasteiger partial charge in [-0.15, -0.1) is 0 Å². The van der Waals surface area contributed by atoms with Gasteiger partial charge in [-0.3, -0.25) is 4.79 Å². The molecule has 1 heterocycles. The molecule has 120 valence electrons. The summed E-state index contributed by atoms with van der Waals surface area (Å²) in [7, 11) is 0. The van der Waals surface area contributed by atoms with Crippen LogP contribution in [-0.4, -0.2) is 36.6 Å². The Morgan fingerprint density at radius 3 is 2.50 bits per heavy atom. The van der Waals surface area contributed by atoms with E-state index in [9.17, 15) is 9.59 Å². The fourth-order valence-electron chi connectivity index (χ4n) is 2.68. The average molecular weight is 304 g/mol. The van der Waals surface area contributed by atoms with E-state index in [1.165, 1.54) is 0 Å². The van der Waals surface area contributed by atoms with Crippen molar-refractivity contribution in [2.45, 2.75) is 32.7 Å². The molecule has 0 aromatic heterocycles. The Labute approximate surface area is 131 Å². The number of urea groups is 1. The van der Waals surface area contributed by atoms with Crippen LogP contribution in [0.25, 0.3) is 0 Å². The fraction of sp³-hybridized carbons (Fsp3) is 0.529. The molecule has 2 amide bonds. The molecule has 1 N–H and O–H groups in total. The summed E-state index contributed by atoms with van der Waals surface area (Å²) in [5.41, 5.74) is 1.08.